The van der Waals surface area contributed by atoms with E-state index in [1.54, 1.807) is 22.8 Å². The number of nitrogens with zero attached hydrogens (tertiary/aromatic N) is 2. The highest BCUT2D eigenvalue weighted by atomic mass is 16.2. The maximum absolute atomic E-state index is 12.5. The van der Waals surface area contributed by atoms with E-state index >= 15 is 0 Å². The van der Waals surface area contributed by atoms with Crippen molar-refractivity contribution < 1.29 is 9.59 Å². The average Bonchev–Trinajstić information content (AvgIpc) is 2.95. The highest BCUT2D eigenvalue weighted by molar-refractivity contribution is 6.12. The van der Waals surface area contributed by atoms with Crippen molar-refractivity contribution in [3.63, 3.8) is 0 Å². The topological polar surface area (TPSA) is 64.0 Å². The van der Waals surface area contributed by atoms with Crippen LogP contribution in [0, 0.1) is 0 Å². The maximum atomic E-state index is 12.5. The van der Waals surface area contributed by atoms with E-state index in [9.17, 15) is 9.59 Å². The van der Waals surface area contributed by atoms with Crippen LogP contribution in [0.25, 0.3) is 22.4 Å². The summed E-state index contributed by atoms with van der Waals surface area (Å²) in [6, 6.07) is 12.8. The third-order valence-corrected chi connectivity index (χ3v) is 3.58. The SMILES string of the molecule is CC(=O)Nc1ccc2c(c1)nc1n2C(=O)c2ccccc2-1. The second-order valence-electron chi connectivity index (χ2n) is 5.01. The smallest absolute Gasteiger partial charge is 0.264 e. The predicted molar refractivity (Wildman–Crippen MR) is 79.2 cm³/mol. The summed E-state index contributed by atoms with van der Waals surface area (Å²) in [5.74, 6) is 0.462. The van der Waals surface area contributed by atoms with Crippen LogP contribution in [0.5, 0.6) is 0 Å². The second-order valence-corrected chi connectivity index (χ2v) is 5.01. The fraction of sp³-hybridized carbons (Fsp3) is 0.0625. The number of rotatable bonds is 1. The Kier molecular flexibility index (Phi) is 2.27. The minimum atomic E-state index is -0.137. The van der Waals surface area contributed by atoms with Crippen molar-refractivity contribution in [2.24, 2.45) is 0 Å². The fourth-order valence-electron chi connectivity index (χ4n) is 2.73. The summed E-state index contributed by atoms with van der Waals surface area (Å²) < 4.78 is 1.62. The molecule has 0 saturated heterocycles. The van der Waals surface area contributed by atoms with Crippen molar-refractivity contribution in [3.8, 4) is 11.4 Å². The van der Waals surface area contributed by atoms with Crippen molar-refractivity contribution in [2.45, 2.75) is 6.92 Å². The van der Waals surface area contributed by atoms with E-state index in [2.05, 4.69) is 10.3 Å². The maximum Gasteiger partial charge on any atom is 0.264 e. The first-order valence-electron chi connectivity index (χ1n) is 6.59. The van der Waals surface area contributed by atoms with Gasteiger partial charge in [0.15, 0.2) is 0 Å². The molecule has 0 radical (unpaired) electrons. The number of hydrogen-bond acceptors (Lipinski definition) is 3. The van der Waals surface area contributed by atoms with E-state index in [0.29, 0.717) is 22.6 Å². The number of carbonyl (C=O) groups is 2. The molecule has 0 saturated carbocycles. The number of aromatic nitrogens is 2. The minimum absolute atomic E-state index is 0.0598. The normalized spacial score (nSPS) is 12.3. The summed E-state index contributed by atoms with van der Waals surface area (Å²) in [5.41, 5.74) is 3.64. The zero-order valence-electron chi connectivity index (χ0n) is 11.3. The van der Waals surface area contributed by atoms with Gasteiger partial charge in [-0.2, -0.15) is 0 Å². The molecular weight excluding hydrogens is 266 g/mol. The van der Waals surface area contributed by atoms with Gasteiger partial charge in [-0.05, 0) is 24.3 Å². The number of amides is 1. The first-order chi connectivity index (χ1) is 10.1. The Hall–Kier alpha value is -2.95. The lowest BCUT2D eigenvalue weighted by atomic mass is 10.1. The van der Waals surface area contributed by atoms with E-state index in [-0.39, 0.29) is 11.8 Å². The molecule has 0 fully saturated rings. The molecule has 0 bridgehead atoms. The molecule has 1 N–H and O–H groups in total. The molecule has 1 aromatic heterocycles. The van der Waals surface area contributed by atoms with Gasteiger partial charge in [-0.1, -0.05) is 18.2 Å². The van der Waals surface area contributed by atoms with Gasteiger partial charge in [0.2, 0.25) is 5.91 Å². The van der Waals surface area contributed by atoms with Gasteiger partial charge >= 0.3 is 0 Å². The Morgan fingerprint density at radius 3 is 2.67 bits per heavy atom. The molecular formula is C16H11N3O2. The van der Waals surface area contributed by atoms with Crippen LogP contribution in [0.2, 0.25) is 0 Å². The van der Waals surface area contributed by atoms with Gasteiger partial charge in [0, 0.05) is 18.2 Å². The van der Waals surface area contributed by atoms with Gasteiger partial charge in [-0.25, -0.2) is 4.98 Å². The van der Waals surface area contributed by atoms with Gasteiger partial charge in [0.1, 0.15) is 5.82 Å². The zero-order valence-corrected chi connectivity index (χ0v) is 11.3. The standard InChI is InChI=1S/C16H11N3O2/c1-9(20)17-10-6-7-14-13(8-10)18-15-11-4-2-3-5-12(11)16(21)19(14)15/h2-8H,1H3,(H,17,20). The zero-order chi connectivity index (χ0) is 14.6. The molecule has 4 rings (SSSR count). The van der Waals surface area contributed by atoms with E-state index in [1.165, 1.54) is 6.92 Å². The number of hydrogen-bond donors (Lipinski definition) is 1. The molecule has 0 spiro atoms. The van der Waals surface area contributed by atoms with Gasteiger partial charge < -0.3 is 5.32 Å². The van der Waals surface area contributed by atoms with Gasteiger partial charge in [0.05, 0.1) is 16.6 Å². The average molecular weight is 277 g/mol. The monoisotopic (exact) mass is 277 g/mol. The summed E-state index contributed by atoms with van der Waals surface area (Å²) in [7, 11) is 0. The summed E-state index contributed by atoms with van der Waals surface area (Å²) >= 11 is 0. The molecule has 3 aromatic rings. The molecule has 1 aliphatic rings. The van der Waals surface area contributed by atoms with Gasteiger partial charge in [-0.15, -0.1) is 0 Å². The lowest BCUT2D eigenvalue weighted by molar-refractivity contribution is -0.114. The molecule has 1 amide bonds. The van der Waals surface area contributed by atoms with Crippen molar-refractivity contribution in [3.05, 3.63) is 48.0 Å². The number of fused-ring (bicyclic) bond motifs is 5. The first kappa shape index (κ1) is 11.8. The third kappa shape index (κ3) is 1.61. The fourth-order valence-corrected chi connectivity index (χ4v) is 2.73. The number of imidazole rings is 1. The lowest BCUT2D eigenvalue weighted by Crippen LogP contribution is -2.07. The Morgan fingerprint density at radius 2 is 1.90 bits per heavy atom. The van der Waals surface area contributed by atoms with Crippen LogP contribution in [0.4, 0.5) is 5.69 Å². The molecule has 1 aliphatic heterocycles. The van der Waals surface area contributed by atoms with Crippen molar-refractivity contribution >= 4 is 28.5 Å². The number of benzene rings is 2. The first-order valence-corrected chi connectivity index (χ1v) is 6.59. The highest BCUT2D eigenvalue weighted by Gasteiger charge is 2.29. The van der Waals surface area contributed by atoms with E-state index in [1.807, 2.05) is 24.3 Å². The Labute approximate surface area is 120 Å². The van der Waals surface area contributed by atoms with Gasteiger partial charge in [-0.3, -0.25) is 14.2 Å². The molecule has 2 aromatic carbocycles. The van der Waals surface area contributed by atoms with E-state index < -0.39 is 0 Å². The molecule has 0 unspecified atom stereocenters. The molecule has 5 heteroatoms. The minimum Gasteiger partial charge on any atom is -0.326 e. The number of carbonyl (C=O) groups excluding carboxylic acids is 2. The van der Waals surface area contributed by atoms with Crippen LogP contribution in [-0.4, -0.2) is 21.4 Å². The Bertz CT molecular complexity index is 924. The van der Waals surface area contributed by atoms with Crippen LogP contribution < -0.4 is 5.32 Å². The highest BCUT2D eigenvalue weighted by Crippen LogP contribution is 2.35. The summed E-state index contributed by atoms with van der Waals surface area (Å²) in [5, 5.41) is 2.72. The quantitative estimate of drug-likeness (QED) is 0.581. The molecule has 5 nitrogen and oxygen atoms in total. The van der Waals surface area contributed by atoms with E-state index in [0.717, 1.165) is 11.1 Å². The van der Waals surface area contributed by atoms with Crippen LogP contribution >= 0.6 is 0 Å². The third-order valence-electron chi connectivity index (χ3n) is 3.58. The molecule has 102 valence electrons. The Balaban J connectivity index is 1.95. The summed E-state index contributed by atoms with van der Waals surface area (Å²) in [6.07, 6.45) is 0. The van der Waals surface area contributed by atoms with E-state index in [4.69, 9.17) is 0 Å². The number of anilines is 1. The second kappa shape index (κ2) is 4.02. The largest absolute Gasteiger partial charge is 0.326 e. The van der Waals surface area contributed by atoms with Crippen molar-refractivity contribution in [1.82, 2.24) is 9.55 Å². The van der Waals surface area contributed by atoms with Crippen molar-refractivity contribution in [1.29, 1.82) is 0 Å². The van der Waals surface area contributed by atoms with Crippen molar-refractivity contribution in [2.75, 3.05) is 5.32 Å². The van der Waals surface area contributed by atoms with Crippen LogP contribution in [0.3, 0.4) is 0 Å². The van der Waals surface area contributed by atoms with Gasteiger partial charge in [0.25, 0.3) is 5.91 Å². The van der Waals surface area contributed by atoms with Crippen LogP contribution in [0.1, 0.15) is 17.3 Å². The molecule has 21 heavy (non-hydrogen) atoms. The molecule has 2 heterocycles. The van der Waals surface area contributed by atoms with Crippen LogP contribution in [0.15, 0.2) is 42.5 Å². The Morgan fingerprint density at radius 1 is 1.14 bits per heavy atom. The summed E-state index contributed by atoms with van der Waals surface area (Å²) in [6.45, 7) is 1.46. The molecule has 0 aliphatic carbocycles. The van der Waals surface area contributed by atoms with Crippen LogP contribution in [-0.2, 0) is 4.79 Å². The molecule has 0 atom stereocenters. The predicted octanol–water partition coefficient (Wildman–Crippen LogP) is 2.66. The number of nitrogens with one attached hydrogen (secondary N) is 1. The summed E-state index contributed by atoms with van der Waals surface area (Å²) in [4.78, 5) is 28.1. The lowest BCUT2D eigenvalue weighted by Gasteiger charge is -2.02.